The number of aromatic amines is 1. The molecule has 2 aromatic carbocycles. The Morgan fingerprint density at radius 3 is 2.81 bits per heavy atom. The van der Waals surface area contributed by atoms with Gasteiger partial charge in [0.05, 0.1) is 28.5 Å². The molecule has 10 heteroatoms. The number of hydrogen-bond acceptors (Lipinski definition) is 6. The van der Waals surface area contributed by atoms with Crippen molar-refractivity contribution in [3.05, 3.63) is 76.0 Å². The number of ether oxygens (including phenoxy) is 2. The molecule has 1 aliphatic rings. The van der Waals surface area contributed by atoms with E-state index >= 15 is 0 Å². The Labute approximate surface area is 221 Å². The summed E-state index contributed by atoms with van der Waals surface area (Å²) < 4.78 is 11.9. The van der Waals surface area contributed by atoms with E-state index in [9.17, 15) is 9.59 Å². The summed E-state index contributed by atoms with van der Waals surface area (Å²) in [7, 11) is 1.53. The monoisotopic (exact) mass is 561 g/mol. The highest BCUT2D eigenvalue weighted by Gasteiger charge is 2.21. The molecule has 0 unspecified atom stereocenters. The van der Waals surface area contributed by atoms with Crippen LogP contribution in [0.4, 0.5) is 5.69 Å². The molecule has 0 spiro atoms. The first-order chi connectivity index (χ1) is 17.9. The third kappa shape index (κ3) is 5.19. The lowest BCUT2D eigenvalue weighted by Gasteiger charge is -2.15. The number of benzene rings is 2. The number of amides is 2. The first-order valence-corrected chi connectivity index (χ1v) is 12.4. The quantitative estimate of drug-likeness (QED) is 0.305. The van der Waals surface area contributed by atoms with E-state index in [1.54, 1.807) is 18.3 Å². The lowest BCUT2D eigenvalue weighted by Crippen LogP contribution is -2.31. The van der Waals surface area contributed by atoms with Gasteiger partial charge in [0, 0.05) is 36.1 Å². The van der Waals surface area contributed by atoms with Gasteiger partial charge in [0.2, 0.25) is 0 Å². The van der Waals surface area contributed by atoms with Gasteiger partial charge in [-0.1, -0.05) is 18.2 Å². The summed E-state index contributed by atoms with van der Waals surface area (Å²) in [5, 5.41) is 5.70. The van der Waals surface area contributed by atoms with Crippen LogP contribution in [0.1, 0.15) is 21.6 Å². The molecular formula is C27H24BrN5O4. The fraction of sp³-hybridized carbons (Fsp3) is 0.185. The van der Waals surface area contributed by atoms with Gasteiger partial charge in [-0.15, -0.1) is 0 Å². The number of nitrogens with zero attached hydrogens (tertiary/aromatic N) is 2. The maximum absolute atomic E-state index is 12.5. The predicted octanol–water partition coefficient (Wildman–Crippen LogP) is 4.52. The van der Waals surface area contributed by atoms with Crippen molar-refractivity contribution < 1.29 is 19.1 Å². The van der Waals surface area contributed by atoms with E-state index in [2.05, 4.69) is 36.5 Å². The van der Waals surface area contributed by atoms with Crippen molar-refractivity contribution in [3.8, 4) is 34.3 Å². The Morgan fingerprint density at radius 1 is 1.19 bits per heavy atom. The van der Waals surface area contributed by atoms with E-state index < -0.39 is 0 Å². The minimum absolute atomic E-state index is 0.0881. The SMILES string of the molecule is COc1cc(-c2nccc(-c3cc4c([nH]3)CCNC4=O)n2)cc(Br)c1OCC(=O)Nc1ccccc1C. The third-order valence-corrected chi connectivity index (χ3v) is 6.58. The van der Waals surface area contributed by atoms with Gasteiger partial charge >= 0.3 is 0 Å². The van der Waals surface area contributed by atoms with Gasteiger partial charge in [-0.05, 0) is 58.7 Å². The largest absolute Gasteiger partial charge is 0.493 e. The highest BCUT2D eigenvalue weighted by atomic mass is 79.9. The molecule has 0 radical (unpaired) electrons. The van der Waals surface area contributed by atoms with E-state index in [1.807, 2.05) is 43.3 Å². The van der Waals surface area contributed by atoms with Gasteiger partial charge in [0.15, 0.2) is 23.9 Å². The Balaban J connectivity index is 1.36. The Kier molecular flexibility index (Phi) is 6.91. The van der Waals surface area contributed by atoms with Crippen LogP contribution in [-0.4, -0.2) is 47.0 Å². The van der Waals surface area contributed by atoms with Crippen molar-refractivity contribution in [1.29, 1.82) is 0 Å². The van der Waals surface area contributed by atoms with E-state index in [4.69, 9.17) is 14.5 Å². The summed E-state index contributed by atoms with van der Waals surface area (Å²) >= 11 is 3.53. The average Bonchev–Trinajstić information content (AvgIpc) is 3.35. The average molecular weight is 562 g/mol. The number of carbonyl (C=O) groups is 2. The summed E-state index contributed by atoms with van der Waals surface area (Å²) in [5.74, 6) is 0.914. The van der Waals surface area contributed by atoms with Crippen molar-refractivity contribution in [2.24, 2.45) is 0 Å². The van der Waals surface area contributed by atoms with Crippen molar-refractivity contribution in [2.45, 2.75) is 13.3 Å². The molecule has 3 heterocycles. The molecule has 3 N–H and O–H groups in total. The van der Waals surface area contributed by atoms with Crippen LogP contribution < -0.4 is 20.1 Å². The lowest BCUT2D eigenvalue weighted by atomic mass is 10.1. The fourth-order valence-electron chi connectivity index (χ4n) is 4.11. The van der Waals surface area contributed by atoms with Crippen LogP contribution >= 0.6 is 15.9 Å². The van der Waals surface area contributed by atoms with Crippen molar-refractivity contribution in [1.82, 2.24) is 20.3 Å². The van der Waals surface area contributed by atoms with Gasteiger partial charge < -0.3 is 25.1 Å². The zero-order valence-electron chi connectivity index (χ0n) is 20.2. The number of halogens is 1. The molecule has 2 amide bonds. The molecule has 9 nitrogen and oxygen atoms in total. The molecule has 0 bridgehead atoms. The second kappa shape index (κ2) is 10.4. The molecule has 0 aliphatic carbocycles. The summed E-state index contributed by atoms with van der Waals surface area (Å²) in [6.07, 6.45) is 2.41. The number of fused-ring (bicyclic) bond motifs is 1. The van der Waals surface area contributed by atoms with E-state index in [1.165, 1.54) is 7.11 Å². The summed E-state index contributed by atoms with van der Waals surface area (Å²) in [4.78, 5) is 37.0. The zero-order valence-corrected chi connectivity index (χ0v) is 21.8. The molecule has 2 aromatic heterocycles. The first kappa shape index (κ1) is 24.5. The van der Waals surface area contributed by atoms with Crippen LogP contribution in [0.3, 0.4) is 0 Å². The molecule has 0 atom stereocenters. The van der Waals surface area contributed by atoms with Gasteiger partial charge in [-0.25, -0.2) is 9.97 Å². The third-order valence-electron chi connectivity index (χ3n) is 5.99. The van der Waals surface area contributed by atoms with Crippen LogP contribution in [0.5, 0.6) is 11.5 Å². The molecule has 4 aromatic rings. The number of carbonyl (C=O) groups excluding carboxylic acids is 2. The van der Waals surface area contributed by atoms with E-state index in [0.29, 0.717) is 45.2 Å². The molecule has 37 heavy (non-hydrogen) atoms. The van der Waals surface area contributed by atoms with Gasteiger partial charge in [0.25, 0.3) is 11.8 Å². The number of aromatic nitrogens is 3. The molecule has 0 fully saturated rings. The predicted molar refractivity (Wildman–Crippen MR) is 143 cm³/mol. The zero-order chi connectivity index (χ0) is 25.9. The highest BCUT2D eigenvalue weighted by molar-refractivity contribution is 9.10. The second-order valence-electron chi connectivity index (χ2n) is 8.49. The topological polar surface area (TPSA) is 118 Å². The number of para-hydroxylation sites is 1. The molecule has 188 valence electrons. The minimum Gasteiger partial charge on any atom is -0.493 e. The summed E-state index contributed by atoms with van der Waals surface area (Å²) in [6, 6.07) is 14.7. The molecule has 0 saturated heterocycles. The fourth-order valence-corrected chi connectivity index (χ4v) is 4.66. The molecule has 1 aliphatic heterocycles. The van der Waals surface area contributed by atoms with Crippen LogP contribution in [0.2, 0.25) is 0 Å². The number of nitrogens with one attached hydrogen (secondary N) is 3. The van der Waals surface area contributed by atoms with Gasteiger partial charge in [-0.3, -0.25) is 9.59 Å². The summed E-state index contributed by atoms with van der Waals surface area (Å²) in [6.45, 7) is 2.34. The number of hydrogen-bond donors (Lipinski definition) is 3. The molecular weight excluding hydrogens is 538 g/mol. The smallest absolute Gasteiger partial charge is 0.262 e. The maximum Gasteiger partial charge on any atom is 0.262 e. The Morgan fingerprint density at radius 2 is 2.03 bits per heavy atom. The van der Waals surface area contributed by atoms with Crippen LogP contribution in [0, 0.1) is 6.92 Å². The number of anilines is 1. The van der Waals surface area contributed by atoms with Crippen LogP contribution in [0.25, 0.3) is 22.8 Å². The standard InChI is InChI=1S/C27H24BrN5O4/c1-15-5-3-4-6-19(15)32-24(34)14-37-25-18(28)11-16(12-23(25)36-2)26-29-9-8-21(33-26)22-13-17-20(31-22)7-10-30-27(17)35/h3-6,8-9,11-13,31H,7,10,14H2,1-2H3,(H,30,35)(H,32,34). The maximum atomic E-state index is 12.5. The van der Waals surface area contributed by atoms with E-state index in [0.717, 1.165) is 29.1 Å². The number of aryl methyl sites for hydroxylation is 1. The second-order valence-corrected chi connectivity index (χ2v) is 9.34. The minimum atomic E-state index is -0.286. The number of methoxy groups -OCH3 is 1. The lowest BCUT2D eigenvalue weighted by molar-refractivity contribution is -0.118. The van der Waals surface area contributed by atoms with Crippen molar-refractivity contribution in [3.63, 3.8) is 0 Å². The van der Waals surface area contributed by atoms with Crippen LogP contribution in [0.15, 0.2) is 59.2 Å². The normalized spacial score (nSPS) is 12.5. The highest BCUT2D eigenvalue weighted by Crippen LogP contribution is 2.39. The van der Waals surface area contributed by atoms with E-state index in [-0.39, 0.29) is 18.4 Å². The van der Waals surface area contributed by atoms with Gasteiger partial charge in [-0.2, -0.15) is 0 Å². The van der Waals surface area contributed by atoms with Crippen LogP contribution in [-0.2, 0) is 11.2 Å². The van der Waals surface area contributed by atoms with Crippen molar-refractivity contribution >= 4 is 33.4 Å². The number of H-pyrrole nitrogens is 1. The van der Waals surface area contributed by atoms with Gasteiger partial charge in [0.1, 0.15) is 0 Å². The molecule has 5 rings (SSSR count). The molecule has 0 saturated carbocycles. The number of rotatable bonds is 7. The Hall–Kier alpha value is -4.18. The van der Waals surface area contributed by atoms with Crippen molar-refractivity contribution in [2.75, 3.05) is 25.6 Å². The first-order valence-electron chi connectivity index (χ1n) is 11.6. The summed E-state index contributed by atoms with van der Waals surface area (Å²) in [5.41, 5.74) is 5.33. The Bertz CT molecular complexity index is 1500.